The van der Waals surface area contributed by atoms with Crippen LogP contribution in [0, 0.1) is 5.82 Å². The van der Waals surface area contributed by atoms with Crippen molar-refractivity contribution >= 4 is 28.9 Å². The van der Waals surface area contributed by atoms with Gasteiger partial charge in [0.25, 0.3) is 5.91 Å². The second kappa shape index (κ2) is 8.21. The molecule has 2 aromatic rings. The highest BCUT2D eigenvalue weighted by Crippen LogP contribution is 2.08. The number of anilines is 1. The molecule has 7 heteroatoms. The Morgan fingerprint density at radius 1 is 1.09 bits per heavy atom. The van der Waals surface area contributed by atoms with Crippen molar-refractivity contribution in [2.45, 2.75) is 6.61 Å². The predicted molar refractivity (Wildman–Crippen MR) is 90.4 cm³/mol. The maximum Gasteiger partial charge on any atom is 0.269 e. The molecule has 3 N–H and O–H groups in total. The highest BCUT2D eigenvalue weighted by molar-refractivity contribution is 7.80. The van der Waals surface area contributed by atoms with E-state index in [0.717, 1.165) is 5.56 Å². The van der Waals surface area contributed by atoms with Gasteiger partial charge >= 0.3 is 0 Å². The van der Waals surface area contributed by atoms with Crippen LogP contribution < -0.4 is 16.2 Å². The first-order valence-electron chi connectivity index (χ1n) is 6.79. The highest BCUT2D eigenvalue weighted by atomic mass is 32.1. The molecular weight excluding hydrogens is 317 g/mol. The normalized spacial score (nSPS) is 10.0. The third kappa shape index (κ3) is 5.32. The average Bonchev–Trinajstić information content (AvgIpc) is 2.56. The Labute approximate surface area is 138 Å². The molecule has 23 heavy (non-hydrogen) atoms. The van der Waals surface area contributed by atoms with Crippen LogP contribution in [0.1, 0.15) is 15.9 Å². The molecule has 0 atom stereocenters. The van der Waals surface area contributed by atoms with E-state index in [9.17, 15) is 9.18 Å². The van der Waals surface area contributed by atoms with Crippen LogP contribution in [0.25, 0.3) is 0 Å². The lowest BCUT2D eigenvalue weighted by Crippen LogP contribution is -2.43. The molecule has 0 saturated heterocycles. The van der Waals surface area contributed by atoms with E-state index in [0.29, 0.717) is 17.9 Å². The van der Waals surface area contributed by atoms with Crippen LogP contribution in [-0.4, -0.2) is 18.1 Å². The number of amides is 1. The summed E-state index contributed by atoms with van der Waals surface area (Å²) in [6, 6.07) is 12.7. The monoisotopic (exact) mass is 333 g/mol. The highest BCUT2D eigenvalue weighted by Gasteiger charge is 2.06. The minimum Gasteiger partial charge on any atom is -0.380 e. The van der Waals surface area contributed by atoms with E-state index < -0.39 is 0 Å². The fourth-order valence-electron chi connectivity index (χ4n) is 1.80. The van der Waals surface area contributed by atoms with Crippen molar-refractivity contribution in [3.05, 3.63) is 65.5 Å². The number of hydrogen-bond donors (Lipinski definition) is 3. The number of hydrazine groups is 1. The summed E-state index contributed by atoms with van der Waals surface area (Å²) in [5.74, 6) is -0.656. The van der Waals surface area contributed by atoms with E-state index in [1.807, 2.05) is 12.1 Å². The van der Waals surface area contributed by atoms with Gasteiger partial charge in [0, 0.05) is 18.4 Å². The Morgan fingerprint density at radius 2 is 1.74 bits per heavy atom. The van der Waals surface area contributed by atoms with Gasteiger partial charge in [-0.05, 0) is 54.2 Å². The Kier molecular flexibility index (Phi) is 6.02. The molecule has 0 aliphatic carbocycles. The van der Waals surface area contributed by atoms with Crippen molar-refractivity contribution in [2.75, 3.05) is 12.4 Å². The Morgan fingerprint density at radius 3 is 2.35 bits per heavy atom. The van der Waals surface area contributed by atoms with Crippen LogP contribution in [0.5, 0.6) is 0 Å². The summed E-state index contributed by atoms with van der Waals surface area (Å²) in [6.45, 7) is 0.492. The Hall–Kier alpha value is -2.51. The van der Waals surface area contributed by atoms with Gasteiger partial charge in [-0.3, -0.25) is 15.6 Å². The van der Waals surface area contributed by atoms with Gasteiger partial charge in [0.05, 0.1) is 6.61 Å². The molecule has 0 fully saturated rings. The molecule has 0 bridgehead atoms. The summed E-state index contributed by atoms with van der Waals surface area (Å²) in [4.78, 5) is 12.0. The summed E-state index contributed by atoms with van der Waals surface area (Å²) in [5.41, 5.74) is 7.15. The van der Waals surface area contributed by atoms with E-state index in [2.05, 4.69) is 16.2 Å². The number of nitrogens with one attached hydrogen (secondary N) is 3. The van der Waals surface area contributed by atoms with Gasteiger partial charge < -0.3 is 10.1 Å². The molecule has 0 saturated carbocycles. The molecule has 5 nitrogen and oxygen atoms in total. The smallest absolute Gasteiger partial charge is 0.269 e. The van der Waals surface area contributed by atoms with Crippen LogP contribution in [0.3, 0.4) is 0 Å². The van der Waals surface area contributed by atoms with Crippen molar-refractivity contribution in [2.24, 2.45) is 0 Å². The van der Waals surface area contributed by atoms with Crippen LogP contribution >= 0.6 is 12.2 Å². The van der Waals surface area contributed by atoms with Gasteiger partial charge in [-0.1, -0.05) is 12.1 Å². The van der Waals surface area contributed by atoms with Crippen molar-refractivity contribution in [1.82, 2.24) is 10.9 Å². The summed E-state index contributed by atoms with van der Waals surface area (Å²) >= 11 is 5.05. The number of hydrogen-bond acceptors (Lipinski definition) is 3. The number of halogens is 1. The second-order valence-corrected chi connectivity index (χ2v) is 5.08. The molecule has 120 valence electrons. The lowest BCUT2D eigenvalue weighted by atomic mass is 10.1. The predicted octanol–water partition coefficient (Wildman–Crippen LogP) is 2.60. The Bertz CT molecular complexity index is 675. The van der Waals surface area contributed by atoms with Gasteiger partial charge in [0.15, 0.2) is 5.11 Å². The van der Waals surface area contributed by atoms with Crippen LogP contribution in [-0.2, 0) is 11.3 Å². The van der Waals surface area contributed by atoms with Crippen molar-refractivity contribution in [3.63, 3.8) is 0 Å². The quantitative estimate of drug-likeness (QED) is 0.593. The maximum atomic E-state index is 12.8. The number of carbonyl (C=O) groups is 1. The van der Waals surface area contributed by atoms with E-state index in [-0.39, 0.29) is 16.8 Å². The summed E-state index contributed by atoms with van der Waals surface area (Å²) in [7, 11) is 1.61. The molecule has 0 unspecified atom stereocenters. The summed E-state index contributed by atoms with van der Waals surface area (Å²) in [6.07, 6.45) is 0. The van der Waals surface area contributed by atoms with Crippen molar-refractivity contribution in [1.29, 1.82) is 0 Å². The zero-order chi connectivity index (χ0) is 16.7. The zero-order valence-corrected chi connectivity index (χ0v) is 13.2. The number of benzene rings is 2. The third-order valence-corrected chi connectivity index (χ3v) is 3.12. The molecule has 0 spiro atoms. The first-order valence-corrected chi connectivity index (χ1v) is 7.20. The molecule has 2 aromatic carbocycles. The Balaban J connectivity index is 1.83. The van der Waals surface area contributed by atoms with Crippen LogP contribution in [0.2, 0.25) is 0 Å². The minimum atomic E-state index is -0.334. The molecule has 0 radical (unpaired) electrons. The number of carbonyl (C=O) groups excluding carboxylic acids is 1. The van der Waals surface area contributed by atoms with E-state index in [1.165, 1.54) is 12.1 Å². The fraction of sp³-hybridized carbons (Fsp3) is 0.125. The molecule has 0 aliphatic rings. The van der Waals surface area contributed by atoms with Gasteiger partial charge in [0.2, 0.25) is 0 Å². The SMILES string of the molecule is COCc1ccc(C(=O)NNC(=S)Nc2ccc(F)cc2)cc1. The molecule has 0 aromatic heterocycles. The summed E-state index contributed by atoms with van der Waals surface area (Å²) < 4.78 is 17.8. The standard InChI is InChI=1S/C16H16FN3O2S/c1-22-10-11-2-4-12(5-3-11)15(21)19-20-16(23)18-14-8-6-13(17)7-9-14/h2-9H,10H2,1H3,(H,19,21)(H2,18,20,23). The molecule has 0 heterocycles. The van der Waals surface area contributed by atoms with Crippen LogP contribution in [0.15, 0.2) is 48.5 Å². The molecule has 1 amide bonds. The topological polar surface area (TPSA) is 62.4 Å². The van der Waals surface area contributed by atoms with E-state index in [4.69, 9.17) is 17.0 Å². The van der Waals surface area contributed by atoms with Crippen molar-refractivity contribution in [3.8, 4) is 0 Å². The van der Waals surface area contributed by atoms with Crippen LogP contribution in [0.4, 0.5) is 10.1 Å². The maximum absolute atomic E-state index is 12.8. The largest absolute Gasteiger partial charge is 0.380 e. The number of thiocarbonyl (C=S) groups is 1. The van der Waals surface area contributed by atoms with Gasteiger partial charge in [0.1, 0.15) is 5.82 Å². The van der Waals surface area contributed by atoms with Gasteiger partial charge in [-0.2, -0.15) is 0 Å². The number of ether oxygens (including phenoxy) is 1. The van der Waals surface area contributed by atoms with E-state index in [1.54, 1.807) is 31.4 Å². The molecule has 2 rings (SSSR count). The van der Waals surface area contributed by atoms with Gasteiger partial charge in [-0.15, -0.1) is 0 Å². The number of methoxy groups -OCH3 is 1. The minimum absolute atomic E-state index is 0.195. The summed E-state index contributed by atoms with van der Waals surface area (Å²) in [5, 5.41) is 3.02. The lowest BCUT2D eigenvalue weighted by molar-refractivity contribution is 0.0944. The lowest BCUT2D eigenvalue weighted by Gasteiger charge is -2.11. The number of rotatable bonds is 4. The third-order valence-electron chi connectivity index (χ3n) is 2.92. The average molecular weight is 333 g/mol. The van der Waals surface area contributed by atoms with Crippen molar-refractivity contribution < 1.29 is 13.9 Å². The molecular formula is C16H16FN3O2S. The zero-order valence-electron chi connectivity index (χ0n) is 12.4. The first-order chi connectivity index (χ1) is 11.1. The van der Waals surface area contributed by atoms with Gasteiger partial charge in [-0.25, -0.2) is 4.39 Å². The molecule has 0 aliphatic heterocycles. The first kappa shape index (κ1) is 16.9. The van der Waals surface area contributed by atoms with E-state index >= 15 is 0 Å². The fourth-order valence-corrected chi connectivity index (χ4v) is 1.97. The second-order valence-electron chi connectivity index (χ2n) is 4.67.